The summed E-state index contributed by atoms with van der Waals surface area (Å²) in [5, 5.41) is 6.56. The molecule has 0 fully saturated rings. The van der Waals surface area contributed by atoms with Crippen LogP contribution in [-0.2, 0) is 17.9 Å². The number of rotatable bonds is 8. The Morgan fingerprint density at radius 2 is 1.96 bits per heavy atom. The molecular formula is C19H27N5O2. The third-order valence-corrected chi connectivity index (χ3v) is 3.77. The molecule has 1 aromatic heterocycles. The fourth-order valence-corrected chi connectivity index (χ4v) is 2.25. The second kappa shape index (κ2) is 10.1. The van der Waals surface area contributed by atoms with Gasteiger partial charge >= 0.3 is 0 Å². The molecule has 1 amide bonds. The lowest BCUT2D eigenvalue weighted by Crippen LogP contribution is -2.38. The highest BCUT2D eigenvalue weighted by Gasteiger charge is 2.05. The van der Waals surface area contributed by atoms with Gasteiger partial charge in [-0.3, -0.25) is 9.79 Å². The molecule has 1 aromatic carbocycles. The normalized spacial score (nSPS) is 11.1. The molecule has 2 rings (SSSR count). The fourth-order valence-electron chi connectivity index (χ4n) is 2.25. The second-order valence-corrected chi connectivity index (χ2v) is 6.00. The van der Waals surface area contributed by atoms with Crippen LogP contribution in [0, 0.1) is 0 Å². The Hall–Kier alpha value is -2.96. The summed E-state index contributed by atoms with van der Waals surface area (Å²) < 4.78 is 7.65. The first-order valence-electron chi connectivity index (χ1n) is 8.55. The van der Waals surface area contributed by atoms with Gasteiger partial charge in [0.2, 0.25) is 0 Å². The minimum atomic E-state index is -0.0687. The van der Waals surface area contributed by atoms with E-state index in [4.69, 9.17) is 4.74 Å². The van der Waals surface area contributed by atoms with Crippen molar-refractivity contribution in [1.29, 1.82) is 0 Å². The van der Waals surface area contributed by atoms with Gasteiger partial charge in [0.15, 0.2) is 12.6 Å². The predicted octanol–water partition coefficient (Wildman–Crippen LogP) is 1.32. The van der Waals surface area contributed by atoms with E-state index >= 15 is 0 Å². The van der Waals surface area contributed by atoms with E-state index in [0.29, 0.717) is 12.3 Å². The van der Waals surface area contributed by atoms with Crippen LogP contribution in [0.3, 0.4) is 0 Å². The Bertz CT molecular complexity index is 710. The number of aliphatic imine (C=N–C) groups is 1. The average Bonchev–Trinajstić information content (AvgIpc) is 3.16. The van der Waals surface area contributed by atoms with E-state index in [-0.39, 0.29) is 12.5 Å². The summed E-state index contributed by atoms with van der Waals surface area (Å²) in [6.07, 6.45) is 4.06. The van der Waals surface area contributed by atoms with Gasteiger partial charge in [-0.25, -0.2) is 0 Å². The van der Waals surface area contributed by atoms with E-state index in [9.17, 15) is 4.79 Å². The first-order valence-corrected chi connectivity index (χ1v) is 8.55. The zero-order valence-electron chi connectivity index (χ0n) is 15.6. The Balaban J connectivity index is 1.78. The number of amides is 1. The average molecular weight is 357 g/mol. The summed E-state index contributed by atoms with van der Waals surface area (Å²) in [7, 11) is 5.17. The number of hydrogen-bond donors (Lipinski definition) is 2. The standard InChI is InChI=1S/C19H27N5O2/c1-20-19(21-9-12-24-10-4-5-11-24)22-14-16-7-6-8-17(13-16)26-15-18(25)23(2)3/h4-8,10-11,13H,9,12,14-15H2,1-3H3,(H2,20,21,22). The number of carbonyl (C=O) groups excluding carboxylic acids is 1. The van der Waals surface area contributed by atoms with Gasteiger partial charge in [-0.1, -0.05) is 12.1 Å². The number of hydrogen-bond acceptors (Lipinski definition) is 3. The number of nitrogens with one attached hydrogen (secondary N) is 2. The van der Waals surface area contributed by atoms with Gasteiger partial charge < -0.3 is 24.8 Å². The molecule has 140 valence electrons. The van der Waals surface area contributed by atoms with Gasteiger partial charge in [-0.15, -0.1) is 0 Å². The number of nitrogens with zero attached hydrogens (tertiary/aromatic N) is 3. The van der Waals surface area contributed by atoms with Crippen molar-refractivity contribution in [2.75, 3.05) is 34.3 Å². The topological polar surface area (TPSA) is 70.9 Å². The molecule has 7 heteroatoms. The van der Waals surface area contributed by atoms with Crippen molar-refractivity contribution >= 4 is 11.9 Å². The Labute approximate surface area is 154 Å². The van der Waals surface area contributed by atoms with Crippen molar-refractivity contribution in [3.05, 3.63) is 54.4 Å². The highest BCUT2D eigenvalue weighted by Crippen LogP contribution is 2.13. The van der Waals surface area contributed by atoms with Gasteiger partial charge in [0.05, 0.1) is 0 Å². The molecule has 0 aliphatic heterocycles. The van der Waals surface area contributed by atoms with Crippen LogP contribution in [0.5, 0.6) is 5.75 Å². The monoisotopic (exact) mass is 357 g/mol. The maximum absolute atomic E-state index is 11.6. The molecule has 7 nitrogen and oxygen atoms in total. The largest absolute Gasteiger partial charge is 0.484 e. The lowest BCUT2D eigenvalue weighted by atomic mass is 10.2. The molecule has 0 saturated carbocycles. The number of aromatic nitrogens is 1. The molecule has 2 N–H and O–H groups in total. The highest BCUT2D eigenvalue weighted by atomic mass is 16.5. The van der Waals surface area contributed by atoms with Crippen LogP contribution in [-0.4, -0.2) is 55.6 Å². The number of carbonyl (C=O) groups is 1. The van der Waals surface area contributed by atoms with Crippen molar-refractivity contribution in [2.24, 2.45) is 4.99 Å². The zero-order chi connectivity index (χ0) is 18.8. The van der Waals surface area contributed by atoms with E-state index in [0.717, 1.165) is 24.6 Å². The van der Waals surface area contributed by atoms with Gasteiger partial charge in [0, 0.05) is 53.2 Å². The molecule has 0 unspecified atom stereocenters. The molecule has 0 atom stereocenters. The van der Waals surface area contributed by atoms with Crippen molar-refractivity contribution < 1.29 is 9.53 Å². The Morgan fingerprint density at radius 1 is 1.19 bits per heavy atom. The maximum Gasteiger partial charge on any atom is 0.259 e. The minimum Gasteiger partial charge on any atom is -0.484 e. The molecule has 2 aromatic rings. The smallest absolute Gasteiger partial charge is 0.259 e. The summed E-state index contributed by atoms with van der Waals surface area (Å²) in [6, 6.07) is 11.7. The van der Waals surface area contributed by atoms with E-state index in [2.05, 4.69) is 20.2 Å². The SMILES string of the molecule is CN=C(NCCn1cccc1)NCc1cccc(OCC(=O)N(C)C)c1. The third-order valence-electron chi connectivity index (χ3n) is 3.77. The lowest BCUT2D eigenvalue weighted by Gasteiger charge is -2.14. The molecule has 0 aliphatic rings. The first kappa shape index (κ1) is 19.4. The van der Waals surface area contributed by atoms with Crippen LogP contribution < -0.4 is 15.4 Å². The first-order chi connectivity index (χ1) is 12.6. The van der Waals surface area contributed by atoms with Gasteiger partial charge in [0.1, 0.15) is 5.75 Å². The molecule has 0 radical (unpaired) electrons. The van der Waals surface area contributed by atoms with Crippen LogP contribution in [0.25, 0.3) is 0 Å². The summed E-state index contributed by atoms with van der Waals surface area (Å²) in [6.45, 7) is 2.30. The van der Waals surface area contributed by atoms with Crippen molar-refractivity contribution in [2.45, 2.75) is 13.1 Å². The maximum atomic E-state index is 11.6. The Kier molecular flexibility index (Phi) is 7.54. The molecule has 1 heterocycles. The van der Waals surface area contributed by atoms with Crippen molar-refractivity contribution in [3.8, 4) is 5.75 Å². The number of guanidine groups is 1. The number of benzene rings is 1. The third kappa shape index (κ3) is 6.51. The van der Waals surface area contributed by atoms with Crippen LogP contribution in [0.2, 0.25) is 0 Å². The summed E-state index contributed by atoms with van der Waals surface area (Å²) >= 11 is 0. The lowest BCUT2D eigenvalue weighted by molar-refractivity contribution is -0.130. The van der Waals surface area contributed by atoms with Crippen LogP contribution >= 0.6 is 0 Å². The summed E-state index contributed by atoms with van der Waals surface area (Å²) in [4.78, 5) is 17.3. The molecule has 0 aliphatic carbocycles. The van der Waals surface area contributed by atoms with Crippen LogP contribution in [0.1, 0.15) is 5.56 Å². The molecule has 0 spiro atoms. The number of ether oxygens (including phenoxy) is 1. The second-order valence-electron chi connectivity index (χ2n) is 6.00. The minimum absolute atomic E-state index is 0.0342. The summed E-state index contributed by atoms with van der Waals surface area (Å²) in [5.41, 5.74) is 1.05. The van der Waals surface area contributed by atoms with Gasteiger partial charge in [-0.05, 0) is 29.8 Å². The molecule has 0 bridgehead atoms. The van der Waals surface area contributed by atoms with Crippen LogP contribution in [0.15, 0.2) is 53.8 Å². The Morgan fingerprint density at radius 3 is 2.65 bits per heavy atom. The zero-order valence-corrected chi connectivity index (χ0v) is 15.6. The van der Waals surface area contributed by atoms with E-state index in [1.54, 1.807) is 21.1 Å². The van der Waals surface area contributed by atoms with Crippen molar-refractivity contribution in [3.63, 3.8) is 0 Å². The van der Waals surface area contributed by atoms with E-state index in [1.807, 2.05) is 48.8 Å². The quantitative estimate of drug-likeness (QED) is 0.552. The van der Waals surface area contributed by atoms with E-state index < -0.39 is 0 Å². The van der Waals surface area contributed by atoms with Crippen LogP contribution in [0.4, 0.5) is 0 Å². The van der Waals surface area contributed by atoms with Gasteiger partial charge in [-0.2, -0.15) is 0 Å². The summed E-state index contributed by atoms with van der Waals surface area (Å²) in [5.74, 6) is 1.35. The molecule has 26 heavy (non-hydrogen) atoms. The number of likely N-dealkylation sites (N-methyl/N-ethyl adjacent to an activating group) is 1. The highest BCUT2D eigenvalue weighted by molar-refractivity contribution is 5.79. The predicted molar refractivity (Wildman–Crippen MR) is 103 cm³/mol. The molecule has 0 saturated heterocycles. The van der Waals surface area contributed by atoms with Gasteiger partial charge in [0.25, 0.3) is 5.91 Å². The fraction of sp³-hybridized carbons (Fsp3) is 0.368. The van der Waals surface area contributed by atoms with E-state index in [1.165, 1.54) is 4.90 Å². The molecular weight excluding hydrogens is 330 g/mol. The van der Waals surface area contributed by atoms with Crippen molar-refractivity contribution in [1.82, 2.24) is 20.1 Å².